The molecule has 0 bridgehead atoms. The molecule has 0 unspecified atom stereocenters. The van der Waals surface area contributed by atoms with Crippen LogP contribution in [0.1, 0.15) is 11.1 Å². The molecule has 1 N–H and O–H groups in total. The van der Waals surface area contributed by atoms with Gasteiger partial charge in [0.25, 0.3) is 10.0 Å². The SMILES string of the molecule is COc1cccc(NC(=O)CN(c2cc(C)cc(C)c2)S(=O)(=O)c2ccccc2)c1. The fourth-order valence-corrected chi connectivity index (χ4v) is 4.59. The predicted molar refractivity (Wildman–Crippen MR) is 119 cm³/mol. The first-order valence-corrected chi connectivity index (χ1v) is 10.8. The first-order valence-electron chi connectivity index (χ1n) is 9.39. The number of hydrogen-bond donors (Lipinski definition) is 1. The minimum absolute atomic E-state index is 0.123. The Bertz CT molecular complexity index is 1120. The topological polar surface area (TPSA) is 75.7 Å². The van der Waals surface area contributed by atoms with Crippen molar-refractivity contribution in [1.29, 1.82) is 0 Å². The van der Waals surface area contributed by atoms with Crippen LogP contribution in [0.3, 0.4) is 0 Å². The summed E-state index contributed by atoms with van der Waals surface area (Å²) >= 11 is 0. The summed E-state index contributed by atoms with van der Waals surface area (Å²) in [4.78, 5) is 12.9. The van der Waals surface area contributed by atoms with Gasteiger partial charge in [-0.05, 0) is 61.4 Å². The number of ether oxygens (including phenoxy) is 1. The van der Waals surface area contributed by atoms with Gasteiger partial charge in [-0.1, -0.05) is 30.3 Å². The maximum atomic E-state index is 13.4. The Morgan fingerprint density at radius 1 is 0.933 bits per heavy atom. The molecule has 3 aromatic carbocycles. The van der Waals surface area contributed by atoms with E-state index in [1.54, 1.807) is 54.6 Å². The smallest absolute Gasteiger partial charge is 0.264 e. The summed E-state index contributed by atoms with van der Waals surface area (Å²) in [6.45, 7) is 3.41. The van der Waals surface area contributed by atoms with Crippen LogP contribution < -0.4 is 14.4 Å². The van der Waals surface area contributed by atoms with E-state index in [9.17, 15) is 13.2 Å². The van der Waals surface area contributed by atoms with Crippen LogP contribution in [0.15, 0.2) is 77.7 Å². The minimum Gasteiger partial charge on any atom is -0.497 e. The first-order chi connectivity index (χ1) is 14.3. The van der Waals surface area contributed by atoms with E-state index in [0.717, 1.165) is 15.4 Å². The van der Waals surface area contributed by atoms with Crippen molar-refractivity contribution in [1.82, 2.24) is 0 Å². The lowest BCUT2D eigenvalue weighted by atomic mass is 10.1. The highest BCUT2D eigenvalue weighted by molar-refractivity contribution is 7.92. The van der Waals surface area contributed by atoms with Gasteiger partial charge in [0.1, 0.15) is 12.3 Å². The van der Waals surface area contributed by atoms with E-state index in [1.165, 1.54) is 19.2 Å². The molecule has 7 heteroatoms. The van der Waals surface area contributed by atoms with Crippen LogP contribution >= 0.6 is 0 Å². The Morgan fingerprint density at radius 2 is 1.60 bits per heavy atom. The number of carbonyl (C=O) groups excluding carboxylic acids is 1. The summed E-state index contributed by atoms with van der Waals surface area (Å²) in [6, 6.07) is 20.5. The van der Waals surface area contributed by atoms with Gasteiger partial charge >= 0.3 is 0 Å². The number of amides is 1. The standard InChI is InChI=1S/C23H24N2O4S/c1-17-12-18(2)14-20(13-17)25(30(27,28)22-10-5-4-6-11-22)16-23(26)24-19-8-7-9-21(15-19)29-3/h4-15H,16H2,1-3H3,(H,24,26). The van der Waals surface area contributed by atoms with E-state index in [4.69, 9.17) is 4.74 Å². The van der Waals surface area contributed by atoms with Gasteiger partial charge < -0.3 is 10.1 Å². The molecule has 0 spiro atoms. The van der Waals surface area contributed by atoms with Crippen LogP contribution in [0.2, 0.25) is 0 Å². The van der Waals surface area contributed by atoms with Crippen molar-refractivity contribution in [3.63, 3.8) is 0 Å². The van der Waals surface area contributed by atoms with E-state index in [-0.39, 0.29) is 11.4 Å². The number of benzene rings is 3. The molecular formula is C23H24N2O4S. The maximum absolute atomic E-state index is 13.4. The van der Waals surface area contributed by atoms with Crippen molar-refractivity contribution in [2.45, 2.75) is 18.7 Å². The molecule has 0 aliphatic heterocycles. The molecule has 0 aliphatic carbocycles. The number of hydrogen-bond acceptors (Lipinski definition) is 4. The summed E-state index contributed by atoms with van der Waals surface area (Å²) in [7, 11) is -2.40. The first kappa shape index (κ1) is 21.4. The molecule has 0 heterocycles. The van der Waals surface area contributed by atoms with Crippen LogP contribution in [-0.2, 0) is 14.8 Å². The fraction of sp³-hybridized carbons (Fsp3) is 0.174. The molecule has 0 saturated heterocycles. The Hall–Kier alpha value is -3.32. The van der Waals surface area contributed by atoms with Gasteiger partial charge in [-0.3, -0.25) is 9.10 Å². The summed E-state index contributed by atoms with van der Waals surface area (Å²) in [6.07, 6.45) is 0. The van der Waals surface area contributed by atoms with E-state index < -0.39 is 15.9 Å². The average Bonchev–Trinajstić information content (AvgIpc) is 2.72. The van der Waals surface area contributed by atoms with Crippen LogP contribution in [0.25, 0.3) is 0 Å². The number of methoxy groups -OCH3 is 1. The van der Waals surface area contributed by atoms with E-state index in [0.29, 0.717) is 17.1 Å². The second kappa shape index (κ2) is 9.00. The molecule has 0 saturated carbocycles. The third kappa shape index (κ3) is 4.99. The lowest BCUT2D eigenvalue weighted by molar-refractivity contribution is -0.114. The van der Waals surface area contributed by atoms with E-state index >= 15 is 0 Å². The fourth-order valence-electron chi connectivity index (χ4n) is 3.16. The zero-order valence-electron chi connectivity index (χ0n) is 17.1. The molecule has 156 valence electrons. The number of carbonyl (C=O) groups is 1. The molecule has 0 atom stereocenters. The van der Waals surface area contributed by atoms with Crippen LogP contribution in [0.5, 0.6) is 5.75 Å². The molecule has 3 rings (SSSR count). The molecule has 30 heavy (non-hydrogen) atoms. The van der Waals surface area contributed by atoms with Crippen molar-refractivity contribution in [2.24, 2.45) is 0 Å². The highest BCUT2D eigenvalue weighted by Gasteiger charge is 2.27. The summed E-state index contributed by atoms with van der Waals surface area (Å²) in [5, 5.41) is 2.74. The molecule has 3 aromatic rings. The number of rotatable bonds is 7. The van der Waals surface area contributed by atoms with Gasteiger partial charge in [-0.15, -0.1) is 0 Å². The third-order valence-electron chi connectivity index (χ3n) is 4.47. The number of sulfonamides is 1. The number of anilines is 2. The van der Waals surface area contributed by atoms with Gasteiger partial charge in [0.2, 0.25) is 5.91 Å². The van der Waals surface area contributed by atoms with Crippen molar-refractivity contribution in [2.75, 3.05) is 23.3 Å². The highest BCUT2D eigenvalue weighted by Crippen LogP contribution is 2.26. The van der Waals surface area contributed by atoms with Crippen molar-refractivity contribution in [3.8, 4) is 5.75 Å². The zero-order valence-corrected chi connectivity index (χ0v) is 17.9. The molecular weight excluding hydrogens is 400 g/mol. The van der Waals surface area contributed by atoms with E-state index in [2.05, 4.69) is 5.32 Å². The second-order valence-electron chi connectivity index (χ2n) is 6.95. The summed E-state index contributed by atoms with van der Waals surface area (Å²) in [5.41, 5.74) is 2.78. The largest absolute Gasteiger partial charge is 0.497 e. The Kier molecular flexibility index (Phi) is 6.42. The van der Waals surface area contributed by atoms with Gasteiger partial charge in [0.05, 0.1) is 17.7 Å². The lowest BCUT2D eigenvalue weighted by Gasteiger charge is -2.25. The van der Waals surface area contributed by atoms with Crippen LogP contribution in [0, 0.1) is 13.8 Å². The quantitative estimate of drug-likeness (QED) is 0.618. The van der Waals surface area contributed by atoms with E-state index in [1.807, 2.05) is 19.9 Å². The lowest BCUT2D eigenvalue weighted by Crippen LogP contribution is -2.38. The highest BCUT2D eigenvalue weighted by atomic mass is 32.2. The van der Waals surface area contributed by atoms with Crippen molar-refractivity contribution >= 4 is 27.3 Å². The predicted octanol–water partition coefficient (Wildman–Crippen LogP) is 4.15. The van der Waals surface area contributed by atoms with Crippen LogP contribution in [0.4, 0.5) is 11.4 Å². The van der Waals surface area contributed by atoms with Crippen LogP contribution in [-0.4, -0.2) is 28.0 Å². The minimum atomic E-state index is -3.94. The van der Waals surface area contributed by atoms with Gasteiger partial charge in [0.15, 0.2) is 0 Å². The average molecular weight is 425 g/mol. The molecule has 0 aromatic heterocycles. The van der Waals surface area contributed by atoms with Gasteiger partial charge in [-0.2, -0.15) is 0 Å². The molecule has 1 amide bonds. The number of nitrogens with one attached hydrogen (secondary N) is 1. The zero-order chi connectivity index (χ0) is 21.7. The van der Waals surface area contributed by atoms with Crippen molar-refractivity contribution < 1.29 is 17.9 Å². The third-order valence-corrected chi connectivity index (χ3v) is 6.25. The monoisotopic (exact) mass is 424 g/mol. The molecule has 0 aliphatic rings. The number of aryl methyl sites for hydroxylation is 2. The Morgan fingerprint density at radius 3 is 2.23 bits per heavy atom. The van der Waals surface area contributed by atoms with Gasteiger partial charge in [-0.25, -0.2) is 8.42 Å². The molecule has 0 fully saturated rings. The Labute approximate surface area is 177 Å². The summed E-state index contributed by atoms with van der Waals surface area (Å²) < 4.78 is 33.0. The molecule has 6 nitrogen and oxygen atoms in total. The van der Waals surface area contributed by atoms with Gasteiger partial charge in [0, 0.05) is 11.8 Å². The number of nitrogens with zero attached hydrogens (tertiary/aromatic N) is 1. The van der Waals surface area contributed by atoms with Crippen molar-refractivity contribution in [3.05, 3.63) is 83.9 Å². The molecule has 0 radical (unpaired) electrons. The Balaban J connectivity index is 1.96. The normalized spacial score (nSPS) is 11.0. The summed E-state index contributed by atoms with van der Waals surface area (Å²) in [5.74, 6) is 0.137. The maximum Gasteiger partial charge on any atom is 0.264 e. The second-order valence-corrected chi connectivity index (χ2v) is 8.81.